The lowest BCUT2D eigenvalue weighted by Gasteiger charge is -2.33. The molecule has 0 spiro atoms. The molecule has 2 amide bonds. The summed E-state index contributed by atoms with van der Waals surface area (Å²) in [6.45, 7) is 2.07. The van der Waals surface area contributed by atoms with E-state index in [1.54, 1.807) is 4.90 Å². The number of sulfonamides is 1. The number of piperazine rings is 1. The number of carbonyl (C=O) groups excluding carboxylic acids is 1. The smallest absolute Gasteiger partial charge is 0.317 e. The second-order valence-corrected chi connectivity index (χ2v) is 7.68. The van der Waals surface area contributed by atoms with Crippen molar-refractivity contribution in [3.05, 3.63) is 34.9 Å². The van der Waals surface area contributed by atoms with E-state index in [1.807, 2.05) is 24.3 Å². The second-order valence-electron chi connectivity index (χ2n) is 5.26. The molecule has 122 valence electrons. The molecule has 8 heteroatoms. The van der Waals surface area contributed by atoms with E-state index in [4.69, 9.17) is 11.6 Å². The fourth-order valence-corrected chi connectivity index (χ4v) is 3.25. The SMILES string of the molecule is CS(=O)(=O)N1CCN(C(=O)NCCc2ccc(Cl)cc2)CC1. The Morgan fingerprint density at radius 2 is 1.77 bits per heavy atom. The van der Waals surface area contributed by atoms with Gasteiger partial charge in [0.05, 0.1) is 6.26 Å². The number of amides is 2. The first-order chi connectivity index (χ1) is 10.4. The van der Waals surface area contributed by atoms with Crippen LogP contribution >= 0.6 is 11.6 Å². The summed E-state index contributed by atoms with van der Waals surface area (Å²) in [6.07, 6.45) is 1.92. The Kier molecular flexibility index (Phi) is 5.66. The zero-order valence-corrected chi connectivity index (χ0v) is 14.0. The van der Waals surface area contributed by atoms with Crippen LogP contribution in [0.25, 0.3) is 0 Å². The number of nitrogens with zero attached hydrogens (tertiary/aromatic N) is 2. The number of carbonyl (C=O) groups is 1. The van der Waals surface area contributed by atoms with Crippen LogP contribution in [0, 0.1) is 0 Å². The average molecular weight is 346 g/mol. The molecule has 2 rings (SSSR count). The second kappa shape index (κ2) is 7.30. The first-order valence-corrected chi connectivity index (χ1v) is 9.31. The van der Waals surface area contributed by atoms with Crippen molar-refractivity contribution < 1.29 is 13.2 Å². The van der Waals surface area contributed by atoms with Crippen LogP contribution in [0.3, 0.4) is 0 Å². The standard InChI is InChI=1S/C14H20ClN3O3S/c1-22(20,21)18-10-8-17(9-11-18)14(19)16-7-6-12-2-4-13(15)5-3-12/h2-5H,6-11H2,1H3,(H,16,19). The molecule has 0 aromatic heterocycles. The van der Waals surface area contributed by atoms with Crippen LogP contribution in [0.4, 0.5) is 4.79 Å². The van der Waals surface area contributed by atoms with Crippen LogP contribution in [0.5, 0.6) is 0 Å². The quantitative estimate of drug-likeness (QED) is 0.890. The van der Waals surface area contributed by atoms with Crippen LogP contribution in [-0.4, -0.2) is 62.6 Å². The van der Waals surface area contributed by atoms with E-state index in [1.165, 1.54) is 10.6 Å². The Bertz CT molecular complexity index is 611. The van der Waals surface area contributed by atoms with Gasteiger partial charge in [-0.3, -0.25) is 0 Å². The van der Waals surface area contributed by atoms with E-state index in [-0.39, 0.29) is 6.03 Å². The fourth-order valence-electron chi connectivity index (χ4n) is 2.30. The molecule has 0 saturated carbocycles. The van der Waals surface area contributed by atoms with Crippen molar-refractivity contribution in [1.29, 1.82) is 0 Å². The Morgan fingerprint density at radius 1 is 1.18 bits per heavy atom. The van der Waals surface area contributed by atoms with Crippen molar-refractivity contribution in [3.63, 3.8) is 0 Å². The van der Waals surface area contributed by atoms with Gasteiger partial charge in [-0.05, 0) is 24.1 Å². The highest BCUT2D eigenvalue weighted by molar-refractivity contribution is 7.88. The van der Waals surface area contributed by atoms with Crippen molar-refractivity contribution in [3.8, 4) is 0 Å². The molecule has 0 unspecified atom stereocenters. The maximum atomic E-state index is 12.0. The van der Waals surface area contributed by atoms with Gasteiger partial charge < -0.3 is 10.2 Å². The predicted molar refractivity (Wildman–Crippen MR) is 86.5 cm³/mol. The first-order valence-electron chi connectivity index (χ1n) is 7.08. The van der Waals surface area contributed by atoms with Crippen molar-refractivity contribution in [2.45, 2.75) is 6.42 Å². The summed E-state index contributed by atoms with van der Waals surface area (Å²) < 4.78 is 24.2. The number of hydrogen-bond donors (Lipinski definition) is 1. The Morgan fingerprint density at radius 3 is 2.32 bits per heavy atom. The minimum absolute atomic E-state index is 0.151. The largest absolute Gasteiger partial charge is 0.338 e. The van der Waals surface area contributed by atoms with E-state index in [2.05, 4.69) is 5.32 Å². The number of urea groups is 1. The molecule has 0 bridgehead atoms. The van der Waals surface area contributed by atoms with E-state index in [0.717, 1.165) is 12.0 Å². The molecule has 1 aliphatic heterocycles. The van der Waals surface area contributed by atoms with Crippen LogP contribution < -0.4 is 5.32 Å². The molecule has 0 aliphatic carbocycles. The van der Waals surface area contributed by atoms with Gasteiger partial charge in [0.2, 0.25) is 10.0 Å². The molecule has 1 fully saturated rings. The maximum absolute atomic E-state index is 12.0. The fraction of sp³-hybridized carbons (Fsp3) is 0.500. The van der Waals surface area contributed by atoms with Crippen molar-refractivity contribution in [2.75, 3.05) is 39.0 Å². The molecule has 0 atom stereocenters. The van der Waals surface area contributed by atoms with Gasteiger partial charge in [-0.1, -0.05) is 23.7 Å². The Hall–Kier alpha value is -1.31. The van der Waals surface area contributed by atoms with Crippen molar-refractivity contribution >= 4 is 27.7 Å². The van der Waals surface area contributed by atoms with Gasteiger partial charge in [0.15, 0.2) is 0 Å². The third-order valence-electron chi connectivity index (χ3n) is 3.60. The molecule has 1 aromatic carbocycles. The lowest BCUT2D eigenvalue weighted by Crippen LogP contribution is -2.53. The monoisotopic (exact) mass is 345 g/mol. The molecule has 1 saturated heterocycles. The van der Waals surface area contributed by atoms with Crippen LogP contribution in [0.15, 0.2) is 24.3 Å². The summed E-state index contributed by atoms with van der Waals surface area (Å²) >= 11 is 5.82. The van der Waals surface area contributed by atoms with Gasteiger partial charge in [0.25, 0.3) is 0 Å². The third kappa shape index (κ3) is 4.86. The molecule has 1 aliphatic rings. The molecular formula is C14H20ClN3O3S. The van der Waals surface area contributed by atoms with Gasteiger partial charge in [-0.2, -0.15) is 4.31 Å². The van der Waals surface area contributed by atoms with Gasteiger partial charge in [-0.15, -0.1) is 0 Å². The molecule has 0 radical (unpaired) electrons. The molecule has 1 aromatic rings. The van der Waals surface area contributed by atoms with Gasteiger partial charge in [-0.25, -0.2) is 13.2 Å². The van der Waals surface area contributed by atoms with Crippen molar-refractivity contribution in [2.24, 2.45) is 0 Å². The van der Waals surface area contributed by atoms with E-state index < -0.39 is 10.0 Å². The van der Waals surface area contributed by atoms with E-state index in [0.29, 0.717) is 37.7 Å². The minimum atomic E-state index is -3.17. The summed E-state index contributed by atoms with van der Waals surface area (Å²) in [5, 5.41) is 3.55. The van der Waals surface area contributed by atoms with Crippen LogP contribution in [0.2, 0.25) is 5.02 Å². The summed E-state index contributed by atoms with van der Waals surface area (Å²) in [6, 6.07) is 7.35. The lowest BCUT2D eigenvalue weighted by atomic mass is 10.1. The highest BCUT2D eigenvalue weighted by Crippen LogP contribution is 2.10. The minimum Gasteiger partial charge on any atom is -0.338 e. The number of nitrogens with one attached hydrogen (secondary N) is 1. The molecule has 6 nitrogen and oxygen atoms in total. The third-order valence-corrected chi connectivity index (χ3v) is 5.15. The number of rotatable bonds is 4. The Labute approximate surface area is 136 Å². The predicted octanol–water partition coefficient (Wildman–Crippen LogP) is 1.17. The van der Waals surface area contributed by atoms with E-state index in [9.17, 15) is 13.2 Å². The summed E-state index contributed by atoms with van der Waals surface area (Å²) in [7, 11) is -3.17. The number of halogens is 1. The van der Waals surface area contributed by atoms with Gasteiger partial charge >= 0.3 is 6.03 Å². The zero-order chi connectivity index (χ0) is 16.2. The number of hydrogen-bond acceptors (Lipinski definition) is 3. The normalized spacial score (nSPS) is 16.5. The first kappa shape index (κ1) is 17.1. The zero-order valence-electron chi connectivity index (χ0n) is 12.5. The molecule has 22 heavy (non-hydrogen) atoms. The number of benzene rings is 1. The average Bonchev–Trinajstić information content (AvgIpc) is 2.48. The van der Waals surface area contributed by atoms with Crippen LogP contribution in [-0.2, 0) is 16.4 Å². The molecule has 1 heterocycles. The van der Waals surface area contributed by atoms with Gasteiger partial charge in [0.1, 0.15) is 0 Å². The molecular weight excluding hydrogens is 326 g/mol. The van der Waals surface area contributed by atoms with Gasteiger partial charge in [0, 0.05) is 37.7 Å². The van der Waals surface area contributed by atoms with E-state index >= 15 is 0 Å². The highest BCUT2D eigenvalue weighted by Gasteiger charge is 2.25. The van der Waals surface area contributed by atoms with Crippen molar-refractivity contribution in [1.82, 2.24) is 14.5 Å². The summed E-state index contributed by atoms with van der Waals surface area (Å²) in [5.74, 6) is 0. The maximum Gasteiger partial charge on any atom is 0.317 e. The highest BCUT2D eigenvalue weighted by atomic mass is 35.5. The summed E-state index contributed by atoms with van der Waals surface area (Å²) in [5.41, 5.74) is 1.10. The topological polar surface area (TPSA) is 69.7 Å². The Balaban J connectivity index is 1.73. The molecule has 1 N–H and O–H groups in total. The van der Waals surface area contributed by atoms with Crippen LogP contribution in [0.1, 0.15) is 5.56 Å². The lowest BCUT2D eigenvalue weighted by molar-refractivity contribution is 0.172. The summed E-state index contributed by atoms with van der Waals surface area (Å²) in [4.78, 5) is 13.7.